The van der Waals surface area contributed by atoms with Crippen LogP contribution in [0, 0.1) is 12.7 Å². The molecule has 0 atom stereocenters. The molecule has 0 radical (unpaired) electrons. The van der Waals surface area contributed by atoms with Crippen molar-refractivity contribution in [3.05, 3.63) is 41.5 Å². The summed E-state index contributed by atoms with van der Waals surface area (Å²) in [6.07, 6.45) is 0.743. The summed E-state index contributed by atoms with van der Waals surface area (Å²) in [4.78, 5) is 8.83. The molecule has 2 rings (SSSR count). The van der Waals surface area contributed by atoms with Gasteiger partial charge < -0.3 is 10.6 Å². The zero-order valence-corrected chi connectivity index (χ0v) is 11.3. The van der Waals surface area contributed by atoms with E-state index in [1.54, 1.807) is 12.1 Å². The Morgan fingerprint density at radius 2 is 1.95 bits per heavy atom. The van der Waals surface area contributed by atoms with E-state index in [4.69, 9.17) is 0 Å². The third-order valence-electron chi connectivity index (χ3n) is 2.83. The Balaban J connectivity index is 2.38. The maximum atomic E-state index is 13.2. The number of hydrogen-bond donors (Lipinski definition) is 2. The van der Waals surface area contributed by atoms with Crippen LogP contribution >= 0.6 is 0 Å². The molecule has 5 heteroatoms. The van der Waals surface area contributed by atoms with E-state index in [2.05, 4.69) is 20.6 Å². The van der Waals surface area contributed by atoms with Crippen LogP contribution in [-0.4, -0.2) is 17.0 Å². The van der Waals surface area contributed by atoms with Crippen LogP contribution in [-0.2, 0) is 6.42 Å². The highest BCUT2D eigenvalue weighted by atomic mass is 19.1. The fourth-order valence-electron chi connectivity index (χ4n) is 1.79. The Bertz CT molecular complexity index is 584. The molecule has 0 aliphatic carbocycles. The van der Waals surface area contributed by atoms with Gasteiger partial charge in [-0.1, -0.05) is 13.0 Å². The van der Waals surface area contributed by atoms with Crippen LogP contribution in [0.4, 0.5) is 21.7 Å². The monoisotopic (exact) mass is 260 g/mol. The fourth-order valence-corrected chi connectivity index (χ4v) is 1.79. The molecule has 0 aliphatic rings. The summed E-state index contributed by atoms with van der Waals surface area (Å²) < 4.78 is 13.2. The van der Waals surface area contributed by atoms with Crippen molar-refractivity contribution in [2.45, 2.75) is 20.3 Å². The molecule has 1 aromatic carbocycles. The lowest BCUT2D eigenvalue weighted by atomic mass is 10.2. The number of aromatic nitrogens is 2. The number of anilines is 3. The maximum Gasteiger partial charge on any atom is 0.139 e. The molecule has 0 unspecified atom stereocenters. The second kappa shape index (κ2) is 5.65. The van der Waals surface area contributed by atoms with Gasteiger partial charge in [-0.15, -0.1) is 0 Å². The van der Waals surface area contributed by atoms with E-state index in [-0.39, 0.29) is 5.82 Å². The number of hydrogen-bond acceptors (Lipinski definition) is 4. The first-order chi connectivity index (χ1) is 9.13. The molecule has 100 valence electrons. The zero-order chi connectivity index (χ0) is 13.8. The SMILES string of the molecule is CCc1nc(NC)c(C)c(Nc2cccc(F)c2)n1. The molecular weight excluding hydrogens is 243 g/mol. The van der Waals surface area contributed by atoms with Gasteiger partial charge in [0.1, 0.15) is 23.3 Å². The van der Waals surface area contributed by atoms with E-state index in [1.165, 1.54) is 12.1 Å². The molecule has 0 aliphatic heterocycles. The molecule has 0 saturated carbocycles. The van der Waals surface area contributed by atoms with Gasteiger partial charge in [0.2, 0.25) is 0 Å². The van der Waals surface area contributed by atoms with Crippen LogP contribution in [0.5, 0.6) is 0 Å². The Morgan fingerprint density at radius 1 is 1.21 bits per heavy atom. The molecule has 0 amide bonds. The highest BCUT2D eigenvalue weighted by Crippen LogP contribution is 2.23. The summed E-state index contributed by atoms with van der Waals surface area (Å²) in [6.45, 7) is 3.92. The van der Waals surface area contributed by atoms with Crippen LogP contribution in [0.2, 0.25) is 0 Å². The summed E-state index contributed by atoms with van der Waals surface area (Å²) in [5.74, 6) is 1.95. The molecule has 2 aromatic rings. The van der Waals surface area contributed by atoms with Gasteiger partial charge in [-0.25, -0.2) is 14.4 Å². The third kappa shape index (κ3) is 2.99. The minimum absolute atomic E-state index is 0.277. The Hall–Kier alpha value is -2.17. The quantitative estimate of drug-likeness (QED) is 0.885. The molecule has 1 aromatic heterocycles. The third-order valence-corrected chi connectivity index (χ3v) is 2.83. The molecule has 0 fully saturated rings. The molecular formula is C14H17FN4. The first kappa shape index (κ1) is 13.3. The highest BCUT2D eigenvalue weighted by molar-refractivity contribution is 5.64. The Labute approximate surface area is 112 Å². The number of aryl methyl sites for hydroxylation is 1. The van der Waals surface area contributed by atoms with Gasteiger partial charge in [0, 0.05) is 24.7 Å². The first-order valence-electron chi connectivity index (χ1n) is 6.22. The molecule has 0 bridgehead atoms. The van der Waals surface area contributed by atoms with E-state index in [0.29, 0.717) is 11.5 Å². The Morgan fingerprint density at radius 3 is 2.58 bits per heavy atom. The van der Waals surface area contributed by atoms with Crippen LogP contribution in [0.15, 0.2) is 24.3 Å². The summed E-state index contributed by atoms with van der Waals surface area (Å²) in [5.41, 5.74) is 1.58. The van der Waals surface area contributed by atoms with Crippen molar-refractivity contribution in [3.63, 3.8) is 0 Å². The average molecular weight is 260 g/mol. The number of rotatable bonds is 4. The van der Waals surface area contributed by atoms with Crippen molar-refractivity contribution in [3.8, 4) is 0 Å². The van der Waals surface area contributed by atoms with Gasteiger partial charge in [0.05, 0.1) is 0 Å². The van der Waals surface area contributed by atoms with E-state index in [1.807, 2.05) is 20.9 Å². The second-order valence-corrected chi connectivity index (χ2v) is 4.20. The number of halogens is 1. The normalized spacial score (nSPS) is 10.3. The number of benzene rings is 1. The largest absolute Gasteiger partial charge is 0.373 e. The predicted octanol–water partition coefficient (Wildman–Crippen LogP) is 3.27. The second-order valence-electron chi connectivity index (χ2n) is 4.20. The molecule has 0 spiro atoms. The van der Waals surface area contributed by atoms with Gasteiger partial charge in [-0.3, -0.25) is 0 Å². The van der Waals surface area contributed by atoms with E-state index in [9.17, 15) is 4.39 Å². The first-order valence-corrected chi connectivity index (χ1v) is 6.22. The van der Waals surface area contributed by atoms with Gasteiger partial charge in [-0.2, -0.15) is 0 Å². The molecule has 0 saturated heterocycles. The Kier molecular flexibility index (Phi) is 3.94. The van der Waals surface area contributed by atoms with Crippen molar-refractivity contribution in [1.82, 2.24) is 9.97 Å². The van der Waals surface area contributed by atoms with Gasteiger partial charge >= 0.3 is 0 Å². The summed E-state index contributed by atoms with van der Waals surface area (Å²) in [5, 5.41) is 6.17. The topological polar surface area (TPSA) is 49.8 Å². The fraction of sp³-hybridized carbons (Fsp3) is 0.286. The van der Waals surface area contributed by atoms with Crippen molar-refractivity contribution >= 4 is 17.3 Å². The minimum Gasteiger partial charge on any atom is -0.373 e. The van der Waals surface area contributed by atoms with Crippen molar-refractivity contribution in [1.29, 1.82) is 0 Å². The van der Waals surface area contributed by atoms with E-state index in [0.717, 1.165) is 23.6 Å². The highest BCUT2D eigenvalue weighted by Gasteiger charge is 2.09. The molecule has 19 heavy (non-hydrogen) atoms. The van der Waals surface area contributed by atoms with Crippen molar-refractivity contribution < 1.29 is 4.39 Å². The summed E-state index contributed by atoms with van der Waals surface area (Å²) >= 11 is 0. The lowest BCUT2D eigenvalue weighted by Crippen LogP contribution is -2.06. The zero-order valence-electron chi connectivity index (χ0n) is 11.3. The van der Waals surface area contributed by atoms with Crippen molar-refractivity contribution in [2.75, 3.05) is 17.7 Å². The van der Waals surface area contributed by atoms with E-state index < -0.39 is 0 Å². The lowest BCUT2D eigenvalue weighted by molar-refractivity contribution is 0.628. The van der Waals surface area contributed by atoms with Gasteiger partial charge in [0.15, 0.2) is 0 Å². The minimum atomic E-state index is -0.277. The molecule has 2 N–H and O–H groups in total. The summed E-state index contributed by atoms with van der Waals surface area (Å²) in [7, 11) is 1.82. The van der Waals surface area contributed by atoms with Crippen LogP contribution in [0.1, 0.15) is 18.3 Å². The smallest absolute Gasteiger partial charge is 0.139 e. The number of nitrogens with zero attached hydrogens (tertiary/aromatic N) is 2. The van der Waals surface area contributed by atoms with Gasteiger partial charge in [0.25, 0.3) is 0 Å². The summed E-state index contributed by atoms with van der Waals surface area (Å²) in [6, 6.07) is 6.31. The standard InChI is InChI=1S/C14H17FN4/c1-4-12-18-13(16-3)9(2)14(19-12)17-11-7-5-6-10(15)8-11/h5-8H,4H2,1-3H3,(H2,16,17,18,19). The van der Waals surface area contributed by atoms with E-state index >= 15 is 0 Å². The molecule has 1 heterocycles. The van der Waals surface area contributed by atoms with Gasteiger partial charge in [-0.05, 0) is 25.1 Å². The maximum absolute atomic E-state index is 13.2. The molecule has 4 nitrogen and oxygen atoms in total. The van der Waals surface area contributed by atoms with Crippen LogP contribution in [0.3, 0.4) is 0 Å². The van der Waals surface area contributed by atoms with Crippen LogP contribution in [0.25, 0.3) is 0 Å². The average Bonchev–Trinajstić information content (AvgIpc) is 2.41. The predicted molar refractivity (Wildman–Crippen MR) is 75.4 cm³/mol. The van der Waals surface area contributed by atoms with Crippen LogP contribution < -0.4 is 10.6 Å². The lowest BCUT2D eigenvalue weighted by Gasteiger charge is -2.13. The van der Waals surface area contributed by atoms with Crippen molar-refractivity contribution in [2.24, 2.45) is 0 Å². The number of nitrogens with one attached hydrogen (secondary N) is 2.